The Morgan fingerprint density at radius 3 is 2.81 bits per heavy atom. The number of halogens is 1. The van der Waals surface area contributed by atoms with Gasteiger partial charge in [0.05, 0.1) is 6.04 Å². The molecule has 0 saturated heterocycles. The highest BCUT2D eigenvalue weighted by molar-refractivity contribution is 7.99. The summed E-state index contributed by atoms with van der Waals surface area (Å²) in [7, 11) is 0. The van der Waals surface area contributed by atoms with Crippen LogP contribution >= 0.6 is 11.8 Å². The number of thioether (sulfide) groups is 1. The van der Waals surface area contributed by atoms with Gasteiger partial charge in [0.15, 0.2) is 0 Å². The quantitative estimate of drug-likeness (QED) is 0.873. The minimum atomic E-state index is -0.272. The predicted molar refractivity (Wildman–Crippen MR) is 83.1 cm³/mol. The Balaban J connectivity index is 1.71. The summed E-state index contributed by atoms with van der Waals surface area (Å²) in [4.78, 5) is 13.1. The van der Waals surface area contributed by atoms with E-state index in [1.165, 1.54) is 12.1 Å². The molecule has 21 heavy (non-hydrogen) atoms. The Labute approximate surface area is 126 Å². The Kier molecular flexibility index (Phi) is 4.10. The number of urea groups is 1. The molecule has 0 fully saturated rings. The topological polar surface area (TPSA) is 41.1 Å². The summed E-state index contributed by atoms with van der Waals surface area (Å²) < 4.78 is 13.4. The highest BCUT2D eigenvalue weighted by Gasteiger charge is 2.22. The number of fused-ring (bicyclic) bond motifs is 1. The summed E-state index contributed by atoms with van der Waals surface area (Å²) in [6, 6.07) is 13.6. The molecule has 2 N–H and O–H groups in total. The van der Waals surface area contributed by atoms with Crippen molar-refractivity contribution in [2.45, 2.75) is 17.4 Å². The second-order valence-corrected chi connectivity index (χ2v) is 5.97. The average molecular weight is 302 g/mol. The van der Waals surface area contributed by atoms with Crippen molar-refractivity contribution in [2.24, 2.45) is 0 Å². The highest BCUT2D eigenvalue weighted by atomic mass is 32.2. The van der Waals surface area contributed by atoms with Gasteiger partial charge < -0.3 is 10.6 Å². The van der Waals surface area contributed by atoms with Gasteiger partial charge in [-0.2, -0.15) is 0 Å². The fourth-order valence-electron chi connectivity index (χ4n) is 2.36. The van der Waals surface area contributed by atoms with Crippen LogP contribution in [0, 0.1) is 5.82 Å². The van der Waals surface area contributed by atoms with Gasteiger partial charge >= 0.3 is 6.03 Å². The van der Waals surface area contributed by atoms with Crippen molar-refractivity contribution < 1.29 is 9.18 Å². The van der Waals surface area contributed by atoms with Crippen molar-refractivity contribution >= 4 is 23.5 Å². The molecule has 0 radical (unpaired) electrons. The molecular weight excluding hydrogens is 287 g/mol. The summed E-state index contributed by atoms with van der Waals surface area (Å²) in [6.45, 7) is 0. The van der Waals surface area contributed by atoms with Gasteiger partial charge in [0.25, 0.3) is 0 Å². The second-order valence-electron chi connectivity index (χ2n) is 4.84. The Bertz CT molecular complexity index is 648. The Morgan fingerprint density at radius 2 is 2.00 bits per heavy atom. The van der Waals surface area contributed by atoms with Gasteiger partial charge in [0, 0.05) is 16.3 Å². The molecule has 108 valence electrons. The van der Waals surface area contributed by atoms with E-state index in [1.54, 1.807) is 17.8 Å². The van der Waals surface area contributed by atoms with Crippen molar-refractivity contribution in [2.75, 3.05) is 11.1 Å². The first kappa shape index (κ1) is 13.9. The molecular formula is C16H15FN2OS. The lowest BCUT2D eigenvalue weighted by Gasteiger charge is -2.26. The molecule has 2 amide bonds. The van der Waals surface area contributed by atoms with Gasteiger partial charge in [0.2, 0.25) is 0 Å². The van der Waals surface area contributed by atoms with E-state index in [2.05, 4.69) is 10.6 Å². The van der Waals surface area contributed by atoms with E-state index in [0.717, 1.165) is 28.3 Å². The van der Waals surface area contributed by atoms with Crippen molar-refractivity contribution in [3.05, 3.63) is 59.9 Å². The number of benzene rings is 2. The molecule has 0 spiro atoms. The molecule has 3 rings (SSSR count). The number of rotatable bonds is 2. The molecule has 0 unspecified atom stereocenters. The predicted octanol–water partition coefficient (Wildman–Crippen LogP) is 4.18. The second kappa shape index (κ2) is 6.18. The van der Waals surface area contributed by atoms with Crippen LogP contribution in [0.25, 0.3) is 0 Å². The highest BCUT2D eigenvalue weighted by Crippen LogP contribution is 2.36. The first-order valence-electron chi connectivity index (χ1n) is 6.77. The third-order valence-electron chi connectivity index (χ3n) is 3.35. The third kappa shape index (κ3) is 3.36. The number of hydrogen-bond donors (Lipinski definition) is 2. The largest absolute Gasteiger partial charge is 0.331 e. The van der Waals surface area contributed by atoms with Gasteiger partial charge in [-0.05, 0) is 42.3 Å². The van der Waals surface area contributed by atoms with E-state index in [1.807, 2.05) is 30.3 Å². The molecule has 1 aliphatic heterocycles. The van der Waals surface area contributed by atoms with E-state index in [0.29, 0.717) is 0 Å². The molecule has 2 aromatic carbocycles. The van der Waals surface area contributed by atoms with Crippen LogP contribution in [0.5, 0.6) is 0 Å². The monoisotopic (exact) mass is 302 g/mol. The summed E-state index contributed by atoms with van der Waals surface area (Å²) >= 11 is 1.69. The third-order valence-corrected chi connectivity index (χ3v) is 4.47. The number of para-hydroxylation sites is 1. The smallest absolute Gasteiger partial charge is 0.319 e. The van der Waals surface area contributed by atoms with Crippen LogP contribution in [-0.2, 0) is 0 Å². The molecule has 1 atom stereocenters. The maximum atomic E-state index is 13.4. The molecule has 0 bridgehead atoms. The number of hydrogen-bond acceptors (Lipinski definition) is 2. The van der Waals surface area contributed by atoms with E-state index in [-0.39, 0.29) is 17.9 Å². The minimum absolute atomic E-state index is 0.152. The lowest BCUT2D eigenvalue weighted by Crippen LogP contribution is -2.34. The van der Waals surface area contributed by atoms with Crippen LogP contribution in [0.1, 0.15) is 18.0 Å². The zero-order chi connectivity index (χ0) is 14.7. The van der Waals surface area contributed by atoms with Crippen molar-refractivity contribution in [3.63, 3.8) is 0 Å². The standard InChI is InChI=1S/C16H15FN2OS/c17-11-6-7-15-13(10-11)14(8-9-21-15)19-16(20)18-12-4-2-1-3-5-12/h1-7,10,14H,8-9H2,(H2,18,19,20)/t14-/m1/s1. The van der Waals surface area contributed by atoms with E-state index < -0.39 is 0 Å². The normalized spacial score (nSPS) is 16.9. The molecule has 0 aliphatic carbocycles. The Hall–Kier alpha value is -2.01. The molecule has 0 saturated carbocycles. The fourth-order valence-corrected chi connectivity index (χ4v) is 3.47. The molecule has 1 aliphatic rings. The SMILES string of the molecule is O=C(Nc1ccccc1)N[C@@H]1CCSc2ccc(F)cc21. The van der Waals surface area contributed by atoms with Crippen LogP contribution in [-0.4, -0.2) is 11.8 Å². The lowest BCUT2D eigenvalue weighted by molar-refractivity contribution is 0.248. The summed E-state index contributed by atoms with van der Waals surface area (Å²) in [6.07, 6.45) is 0.795. The van der Waals surface area contributed by atoms with Gasteiger partial charge in [-0.15, -0.1) is 11.8 Å². The average Bonchev–Trinajstić information content (AvgIpc) is 2.49. The molecule has 5 heteroatoms. The van der Waals surface area contributed by atoms with Crippen LogP contribution in [0.3, 0.4) is 0 Å². The van der Waals surface area contributed by atoms with E-state index in [4.69, 9.17) is 0 Å². The number of carbonyl (C=O) groups excluding carboxylic acids is 1. The van der Waals surface area contributed by atoms with Crippen molar-refractivity contribution in [3.8, 4) is 0 Å². The van der Waals surface area contributed by atoms with Crippen LogP contribution in [0.4, 0.5) is 14.9 Å². The lowest BCUT2D eigenvalue weighted by atomic mass is 10.0. The van der Waals surface area contributed by atoms with Crippen LogP contribution in [0.15, 0.2) is 53.4 Å². The van der Waals surface area contributed by atoms with Gasteiger partial charge in [-0.25, -0.2) is 9.18 Å². The van der Waals surface area contributed by atoms with Crippen LogP contribution in [0.2, 0.25) is 0 Å². The number of nitrogens with one attached hydrogen (secondary N) is 2. The zero-order valence-electron chi connectivity index (χ0n) is 11.3. The van der Waals surface area contributed by atoms with E-state index in [9.17, 15) is 9.18 Å². The van der Waals surface area contributed by atoms with Crippen molar-refractivity contribution in [1.82, 2.24) is 5.32 Å². The number of amides is 2. The summed E-state index contributed by atoms with van der Waals surface area (Å²) in [5.41, 5.74) is 1.59. The Morgan fingerprint density at radius 1 is 1.19 bits per heavy atom. The maximum Gasteiger partial charge on any atom is 0.319 e. The number of anilines is 1. The molecule has 3 nitrogen and oxygen atoms in total. The van der Waals surface area contributed by atoms with E-state index >= 15 is 0 Å². The van der Waals surface area contributed by atoms with Gasteiger partial charge in [0.1, 0.15) is 5.82 Å². The number of carbonyl (C=O) groups is 1. The molecule has 1 heterocycles. The first-order chi connectivity index (χ1) is 10.2. The fraction of sp³-hybridized carbons (Fsp3) is 0.188. The summed E-state index contributed by atoms with van der Waals surface area (Å²) in [5.74, 6) is 0.640. The van der Waals surface area contributed by atoms with Gasteiger partial charge in [-0.3, -0.25) is 0 Å². The summed E-state index contributed by atoms with van der Waals surface area (Å²) in [5, 5.41) is 5.70. The molecule has 2 aromatic rings. The zero-order valence-corrected chi connectivity index (χ0v) is 12.1. The maximum absolute atomic E-state index is 13.4. The minimum Gasteiger partial charge on any atom is -0.331 e. The first-order valence-corrected chi connectivity index (χ1v) is 7.76. The molecule has 0 aromatic heterocycles. The van der Waals surface area contributed by atoms with Crippen molar-refractivity contribution in [1.29, 1.82) is 0 Å². The van der Waals surface area contributed by atoms with Gasteiger partial charge in [-0.1, -0.05) is 18.2 Å². The van der Waals surface area contributed by atoms with Crippen LogP contribution < -0.4 is 10.6 Å².